The molecule has 0 fully saturated rings. The molecule has 72 valence electrons. The molecule has 0 radical (unpaired) electrons. The van der Waals surface area contributed by atoms with Crippen LogP contribution in [0.4, 0.5) is 13.2 Å². The van der Waals surface area contributed by atoms with Crippen LogP contribution in [-0.4, -0.2) is 14.7 Å². The molecule has 1 aromatic heterocycles. The molecule has 0 aliphatic carbocycles. The molecule has 1 atom stereocenters. The Morgan fingerprint density at radius 3 is 2.54 bits per heavy atom. The van der Waals surface area contributed by atoms with Crippen LogP contribution in [0.15, 0.2) is 23.4 Å². The summed E-state index contributed by atoms with van der Waals surface area (Å²) in [5.74, 6) is 0. The average molecular weight is 230 g/mol. The van der Waals surface area contributed by atoms with Gasteiger partial charge in [-0.25, -0.2) is 4.21 Å². The summed E-state index contributed by atoms with van der Waals surface area (Å²) in [6.45, 7) is 0. The Bertz CT molecular complexity index is 341. The highest BCUT2D eigenvalue weighted by Crippen LogP contribution is 2.29. The van der Waals surface area contributed by atoms with E-state index in [4.69, 9.17) is 11.6 Å². The lowest BCUT2D eigenvalue weighted by atomic mass is 10.5. The topological polar surface area (TPSA) is 30.0 Å². The molecular formula is C6H3ClF3NOS. The maximum absolute atomic E-state index is 11.9. The van der Waals surface area contributed by atoms with Gasteiger partial charge < -0.3 is 0 Å². The predicted octanol–water partition coefficient (Wildman–Crippen LogP) is 2.36. The average Bonchev–Trinajstić information content (AvgIpc) is 2.02. The van der Waals surface area contributed by atoms with Crippen molar-refractivity contribution in [2.45, 2.75) is 10.4 Å². The Morgan fingerprint density at radius 2 is 2.08 bits per heavy atom. The van der Waals surface area contributed by atoms with Gasteiger partial charge in [-0.05, 0) is 6.07 Å². The Labute approximate surface area is 79.2 Å². The van der Waals surface area contributed by atoms with Crippen LogP contribution in [-0.2, 0) is 10.8 Å². The number of alkyl halides is 3. The van der Waals surface area contributed by atoms with Crippen molar-refractivity contribution in [1.82, 2.24) is 4.98 Å². The summed E-state index contributed by atoms with van der Waals surface area (Å²) >= 11 is 5.39. The number of halogens is 4. The van der Waals surface area contributed by atoms with Crippen molar-refractivity contribution in [3.05, 3.63) is 23.5 Å². The van der Waals surface area contributed by atoms with Crippen LogP contribution in [0, 0.1) is 0 Å². The first-order valence-electron chi connectivity index (χ1n) is 3.01. The highest BCUT2D eigenvalue weighted by molar-refractivity contribution is 7.86. The lowest BCUT2D eigenvalue weighted by Gasteiger charge is -2.06. The summed E-state index contributed by atoms with van der Waals surface area (Å²) in [5, 5.41) is -0.203. The largest absolute Gasteiger partial charge is 0.475 e. The minimum Gasteiger partial charge on any atom is -0.263 e. The van der Waals surface area contributed by atoms with Gasteiger partial charge in [0.25, 0.3) is 0 Å². The van der Waals surface area contributed by atoms with Crippen LogP contribution in [0.25, 0.3) is 0 Å². The third-order valence-electron chi connectivity index (χ3n) is 1.14. The monoisotopic (exact) mass is 229 g/mol. The lowest BCUT2D eigenvalue weighted by Crippen LogP contribution is -2.16. The summed E-state index contributed by atoms with van der Waals surface area (Å²) in [7, 11) is -3.11. The highest BCUT2D eigenvalue weighted by atomic mass is 35.5. The minimum atomic E-state index is -4.80. The molecule has 7 heteroatoms. The third-order valence-corrected chi connectivity index (χ3v) is 2.73. The standard InChI is InChI=1S/C6H3ClF3NOS/c7-4-1-2-11-3-5(4)13(12)6(8,9)10/h1-3H/t13-/m0/s1. The first-order chi connectivity index (χ1) is 5.93. The molecule has 0 amide bonds. The molecule has 0 aliphatic rings. The van der Waals surface area contributed by atoms with Crippen molar-refractivity contribution in [2.75, 3.05) is 0 Å². The fourth-order valence-corrected chi connectivity index (χ4v) is 1.59. The zero-order valence-electron chi connectivity index (χ0n) is 6.01. The van der Waals surface area contributed by atoms with Crippen LogP contribution in [0.1, 0.15) is 0 Å². The molecule has 0 unspecified atom stereocenters. The van der Waals surface area contributed by atoms with Crippen LogP contribution in [0.5, 0.6) is 0 Å². The summed E-state index contributed by atoms with van der Waals surface area (Å²) < 4.78 is 46.5. The van der Waals surface area contributed by atoms with E-state index in [2.05, 4.69) is 4.98 Å². The van der Waals surface area contributed by atoms with E-state index in [1.165, 1.54) is 6.20 Å². The number of hydrogen-bond acceptors (Lipinski definition) is 2. The normalized spacial score (nSPS) is 14.2. The van der Waals surface area contributed by atoms with Crippen molar-refractivity contribution in [3.8, 4) is 0 Å². The van der Waals surface area contributed by atoms with Gasteiger partial charge in [-0.2, -0.15) is 13.2 Å². The highest BCUT2D eigenvalue weighted by Gasteiger charge is 2.39. The molecule has 1 aromatic rings. The van der Waals surface area contributed by atoms with Gasteiger partial charge in [-0.15, -0.1) is 0 Å². The Morgan fingerprint density at radius 1 is 1.46 bits per heavy atom. The van der Waals surface area contributed by atoms with Crippen LogP contribution in [0.2, 0.25) is 5.02 Å². The number of hydrogen-bond donors (Lipinski definition) is 0. The van der Waals surface area contributed by atoms with Gasteiger partial charge in [0.1, 0.15) is 0 Å². The van der Waals surface area contributed by atoms with E-state index in [1.54, 1.807) is 0 Å². The molecule has 0 saturated carbocycles. The van der Waals surface area contributed by atoms with Crippen LogP contribution in [0.3, 0.4) is 0 Å². The second-order valence-corrected chi connectivity index (χ2v) is 3.87. The number of aromatic nitrogens is 1. The third kappa shape index (κ3) is 2.41. The number of rotatable bonds is 1. The second-order valence-electron chi connectivity index (χ2n) is 2.02. The molecular weight excluding hydrogens is 227 g/mol. The van der Waals surface area contributed by atoms with Gasteiger partial charge in [0.15, 0.2) is 10.8 Å². The predicted molar refractivity (Wildman–Crippen MR) is 41.7 cm³/mol. The van der Waals surface area contributed by atoms with Crippen molar-refractivity contribution >= 4 is 22.4 Å². The maximum Gasteiger partial charge on any atom is 0.475 e. The molecule has 0 bridgehead atoms. The molecule has 1 rings (SSSR count). The smallest absolute Gasteiger partial charge is 0.263 e. The fourth-order valence-electron chi connectivity index (χ4n) is 0.624. The molecule has 13 heavy (non-hydrogen) atoms. The van der Waals surface area contributed by atoms with Gasteiger partial charge in [0, 0.05) is 12.4 Å². The van der Waals surface area contributed by atoms with Gasteiger partial charge >= 0.3 is 5.51 Å². The van der Waals surface area contributed by atoms with Gasteiger partial charge in [-0.1, -0.05) is 11.6 Å². The minimum absolute atomic E-state index is 0.203. The quantitative estimate of drug-likeness (QED) is 0.740. The van der Waals surface area contributed by atoms with E-state index in [9.17, 15) is 17.4 Å². The molecule has 0 saturated heterocycles. The molecule has 0 N–H and O–H groups in total. The molecule has 0 aliphatic heterocycles. The Balaban J connectivity index is 3.10. The summed E-state index contributed by atoms with van der Waals surface area (Å²) in [5.41, 5.74) is -4.80. The SMILES string of the molecule is O=[S@@](c1cnccc1Cl)C(F)(F)F. The molecule has 1 heterocycles. The number of nitrogens with zero attached hydrogens (tertiary/aromatic N) is 1. The van der Waals surface area contributed by atoms with Gasteiger partial charge in [0.2, 0.25) is 0 Å². The zero-order chi connectivity index (χ0) is 10.1. The van der Waals surface area contributed by atoms with E-state index in [-0.39, 0.29) is 5.02 Å². The second kappa shape index (κ2) is 3.63. The van der Waals surface area contributed by atoms with Crippen molar-refractivity contribution in [2.24, 2.45) is 0 Å². The molecule has 2 nitrogen and oxygen atoms in total. The van der Waals surface area contributed by atoms with Crippen molar-refractivity contribution < 1.29 is 17.4 Å². The Kier molecular flexibility index (Phi) is 2.92. The molecule has 0 aromatic carbocycles. The van der Waals surface area contributed by atoms with E-state index in [0.29, 0.717) is 0 Å². The van der Waals surface area contributed by atoms with E-state index in [1.807, 2.05) is 0 Å². The number of pyridine rings is 1. The lowest BCUT2D eigenvalue weighted by molar-refractivity contribution is -0.0384. The van der Waals surface area contributed by atoms with Crippen LogP contribution < -0.4 is 0 Å². The first-order valence-corrected chi connectivity index (χ1v) is 4.54. The maximum atomic E-state index is 11.9. The van der Waals surface area contributed by atoms with E-state index >= 15 is 0 Å². The zero-order valence-corrected chi connectivity index (χ0v) is 7.58. The van der Waals surface area contributed by atoms with E-state index < -0.39 is 21.2 Å². The molecule has 0 spiro atoms. The Hall–Kier alpha value is -0.620. The van der Waals surface area contributed by atoms with E-state index in [0.717, 1.165) is 12.3 Å². The summed E-state index contributed by atoms with van der Waals surface area (Å²) in [6.07, 6.45) is 2.06. The van der Waals surface area contributed by atoms with Crippen LogP contribution >= 0.6 is 11.6 Å². The first kappa shape index (κ1) is 10.5. The summed E-state index contributed by atoms with van der Waals surface area (Å²) in [4.78, 5) is 2.89. The van der Waals surface area contributed by atoms with Crippen molar-refractivity contribution in [1.29, 1.82) is 0 Å². The summed E-state index contributed by atoms with van der Waals surface area (Å²) in [6, 6.07) is 1.15. The van der Waals surface area contributed by atoms with Crippen molar-refractivity contribution in [3.63, 3.8) is 0 Å². The fraction of sp³-hybridized carbons (Fsp3) is 0.167. The van der Waals surface area contributed by atoms with Gasteiger partial charge in [0.05, 0.1) is 9.92 Å². The van der Waals surface area contributed by atoms with Gasteiger partial charge in [-0.3, -0.25) is 4.98 Å².